The first-order valence-corrected chi connectivity index (χ1v) is 12.5. The molecule has 1 aliphatic rings. The van der Waals surface area contributed by atoms with Crippen molar-refractivity contribution in [3.63, 3.8) is 0 Å². The number of rotatable bonds is 9. The Bertz CT molecular complexity index is 1180. The minimum Gasteiger partial charge on any atom is -0.497 e. The summed E-state index contributed by atoms with van der Waals surface area (Å²) < 4.78 is 6.95. The van der Waals surface area contributed by atoms with Gasteiger partial charge in [0.05, 0.1) is 29.7 Å². The Labute approximate surface area is 201 Å². The predicted molar refractivity (Wildman–Crippen MR) is 136 cm³/mol. The average Bonchev–Trinajstić information content (AvgIpc) is 3.39. The standard InChI is InChI=1S/C28H35N3O3/c1-4-19-30(26(32)18-13-21-9-5-6-10-21)20(2)27-29-25-12-8-7-11-24(25)28(33)31(27)22-14-16-23(34-3)17-15-22/h7-8,11-12,14-17,20-21H,4-6,9-10,13,18-19H2,1-3H3. The van der Waals surface area contributed by atoms with Crippen LogP contribution in [-0.2, 0) is 4.79 Å². The molecule has 0 bridgehead atoms. The molecule has 1 unspecified atom stereocenters. The summed E-state index contributed by atoms with van der Waals surface area (Å²) in [4.78, 5) is 33.8. The number of carbonyl (C=O) groups is 1. The van der Waals surface area contributed by atoms with Gasteiger partial charge in [0.1, 0.15) is 11.6 Å². The van der Waals surface area contributed by atoms with E-state index in [1.807, 2.05) is 54.3 Å². The van der Waals surface area contributed by atoms with E-state index in [1.54, 1.807) is 17.7 Å². The van der Waals surface area contributed by atoms with E-state index in [-0.39, 0.29) is 17.5 Å². The van der Waals surface area contributed by atoms with Crippen molar-refractivity contribution >= 4 is 16.8 Å². The SMILES string of the molecule is CCCN(C(=O)CCC1CCCC1)C(C)c1nc2ccccc2c(=O)n1-c1ccc(OC)cc1. The van der Waals surface area contributed by atoms with Crippen LogP contribution in [0.15, 0.2) is 53.3 Å². The molecule has 34 heavy (non-hydrogen) atoms. The van der Waals surface area contributed by atoms with Crippen LogP contribution in [0, 0.1) is 5.92 Å². The Morgan fingerprint density at radius 2 is 1.85 bits per heavy atom. The molecule has 4 rings (SSSR count). The summed E-state index contributed by atoms with van der Waals surface area (Å²) in [6.45, 7) is 4.70. The highest BCUT2D eigenvalue weighted by Gasteiger charge is 2.27. The summed E-state index contributed by atoms with van der Waals surface area (Å²) in [5.41, 5.74) is 1.22. The number of carbonyl (C=O) groups excluding carboxylic acids is 1. The molecule has 0 aliphatic heterocycles. The summed E-state index contributed by atoms with van der Waals surface area (Å²) in [6.07, 6.45) is 7.38. The Morgan fingerprint density at radius 3 is 2.53 bits per heavy atom. The first-order chi connectivity index (χ1) is 16.5. The summed E-state index contributed by atoms with van der Waals surface area (Å²) >= 11 is 0. The first-order valence-electron chi connectivity index (χ1n) is 12.5. The highest BCUT2D eigenvalue weighted by Crippen LogP contribution is 2.30. The Hall–Kier alpha value is -3.15. The highest BCUT2D eigenvalue weighted by molar-refractivity contribution is 5.79. The number of fused-ring (bicyclic) bond motifs is 1. The van der Waals surface area contributed by atoms with Crippen LogP contribution in [0.1, 0.15) is 70.7 Å². The van der Waals surface area contributed by atoms with Crippen LogP contribution in [0.4, 0.5) is 0 Å². The molecule has 180 valence electrons. The van der Waals surface area contributed by atoms with Gasteiger partial charge in [-0.3, -0.25) is 14.2 Å². The van der Waals surface area contributed by atoms with E-state index in [1.165, 1.54) is 25.7 Å². The molecule has 1 aliphatic carbocycles. The quantitative estimate of drug-likeness (QED) is 0.412. The van der Waals surface area contributed by atoms with Gasteiger partial charge in [-0.15, -0.1) is 0 Å². The largest absolute Gasteiger partial charge is 0.497 e. The molecule has 3 aromatic rings. The predicted octanol–water partition coefficient (Wildman–Crippen LogP) is 5.66. The monoisotopic (exact) mass is 461 g/mol. The van der Waals surface area contributed by atoms with E-state index in [9.17, 15) is 9.59 Å². The molecule has 1 heterocycles. The van der Waals surface area contributed by atoms with E-state index in [0.29, 0.717) is 41.3 Å². The Balaban J connectivity index is 1.75. The van der Waals surface area contributed by atoms with Gasteiger partial charge in [-0.1, -0.05) is 44.7 Å². The minimum absolute atomic E-state index is 0.132. The Morgan fingerprint density at radius 1 is 1.15 bits per heavy atom. The Kier molecular flexibility index (Phi) is 7.66. The number of para-hydroxylation sites is 1. The molecule has 0 N–H and O–H groups in total. The molecule has 1 amide bonds. The number of ether oxygens (including phenoxy) is 1. The van der Waals surface area contributed by atoms with Crippen molar-refractivity contribution in [2.24, 2.45) is 5.92 Å². The smallest absolute Gasteiger partial charge is 0.266 e. The van der Waals surface area contributed by atoms with Crippen molar-refractivity contribution in [3.05, 3.63) is 64.7 Å². The fraction of sp³-hybridized carbons (Fsp3) is 0.464. The van der Waals surface area contributed by atoms with Gasteiger partial charge in [0.15, 0.2) is 0 Å². The van der Waals surface area contributed by atoms with E-state index < -0.39 is 0 Å². The average molecular weight is 462 g/mol. The lowest BCUT2D eigenvalue weighted by Crippen LogP contribution is -2.38. The zero-order valence-corrected chi connectivity index (χ0v) is 20.5. The van der Waals surface area contributed by atoms with Crippen LogP contribution in [-0.4, -0.2) is 34.0 Å². The van der Waals surface area contributed by atoms with E-state index in [2.05, 4.69) is 6.92 Å². The van der Waals surface area contributed by atoms with Crippen molar-refractivity contribution in [2.75, 3.05) is 13.7 Å². The number of hydrogen-bond acceptors (Lipinski definition) is 4. The normalized spacial score (nSPS) is 14.9. The van der Waals surface area contributed by atoms with Gasteiger partial charge in [-0.05, 0) is 62.1 Å². The van der Waals surface area contributed by atoms with Crippen LogP contribution in [0.25, 0.3) is 16.6 Å². The molecule has 6 heteroatoms. The van der Waals surface area contributed by atoms with Crippen molar-refractivity contribution in [1.82, 2.24) is 14.5 Å². The topological polar surface area (TPSA) is 64.4 Å². The number of hydrogen-bond donors (Lipinski definition) is 0. The lowest BCUT2D eigenvalue weighted by atomic mass is 10.0. The van der Waals surface area contributed by atoms with Gasteiger partial charge < -0.3 is 9.64 Å². The minimum atomic E-state index is -0.338. The maximum absolute atomic E-state index is 13.6. The van der Waals surface area contributed by atoms with Crippen molar-refractivity contribution in [3.8, 4) is 11.4 Å². The maximum atomic E-state index is 13.6. The van der Waals surface area contributed by atoms with Crippen molar-refractivity contribution in [2.45, 2.75) is 64.8 Å². The third-order valence-electron chi connectivity index (χ3n) is 7.00. The van der Waals surface area contributed by atoms with E-state index in [0.717, 1.165) is 18.6 Å². The molecular weight excluding hydrogens is 426 g/mol. The van der Waals surface area contributed by atoms with Gasteiger partial charge in [0.2, 0.25) is 5.91 Å². The molecule has 0 spiro atoms. The van der Waals surface area contributed by atoms with Gasteiger partial charge in [-0.2, -0.15) is 0 Å². The lowest BCUT2D eigenvalue weighted by molar-refractivity contribution is -0.134. The van der Waals surface area contributed by atoms with Gasteiger partial charge >= 0.3 is 0 Å². The molecular formula is C28H35N3O3. The van der Waals surface area contributed by atoms with Gasteiger partial charge in [0.25, 0.3) is 5.56 Å². The van der Waals surface area contributed by atoms with Crippen molar-refractivity contribution in [1.29, 1.82) is 0 Å². The second-order valence-electron chi connectivity index (χ2n) is 9.28. The molecule has 1 saturated carbocycles. The maximum Gasteiger partial charge on any atom is 0.266 e. The van der Waals surface area contributed by atoms with Gasteiger partial charge in [0, 0.05) is 13.0 Å². The number of nitrogens with zero attached hydrogens (tertiary/aromatic N) is 3. The third kappa shape index (κ3) is 5.01. The molecule has 1 atom stereocenters. The fourth-order valence-corrected chi connectivity index (χ4v) is 5.10. The fourth-order valence-electron chi connectivity index (χ4n) is 5.10. The number of amides is 1. The first kappa shape index (κ1) is 24.0. The van der Waals surface area contributed by atoms with Crippen LogP contribution in [0.3, 0.4) is 0 Å². The third-order valence-corrected chi connectivity index (χ3v) is 7.00. The molecule has 0 radical (unpaired) electrons. The summed E-state index contributed by atoms with van der Waals surface area (Å²) in [5.74, 6) is 2.11. The van der Waals surface area contributed by atoms with E-state index in [4.69, 9.17) is 9.72 Å². The molecule has 2 aromatic carbocycles. The lowest BCUT2D eigenvalue weighted by Gasteiger charge is -2.31. The zero-order chi connectivity index (χ0) is 24.1. The van der Waals surface area contributed by atoms with Crippen LogP contribution in [0.2, 0.25) is 0 Å². The second-order valence-corrected chi connectivity index (χ2v) is 9.28. The zero-order valence-electron chi connectivity index (χ0n) is 20.5. The van der Waals surface area contributed by atoms with E-state index >= 15 is 0 Å². The number of methoxy groups -OCH3 is 1. The second kappa shape index (κ2) is 10.9. The number of aromatic nitrogens is 2. The van der Waals surface area contributed by atoms with Crippen LogP contribution >= 0.6 is 0 Å². The van der Waals surface area contributed by atoms with Gasteiger partial charge in [-0.25, -0.2) is 4.98 Å². The number of benzene rings is 2. The summed E-state index contributed by atoms with van der Waals surface area (Å²) in [6, 6.07) is 14.4. The summed E-state index contributed by atoms with van der Waals surface area (Å²) in [7, 11) is 1.62. The highest BCUT2D eigenvalue weighted by atomic mass is 16.5. The summed E-state index contributed by atoms with van der Waals surface area (Å²) in [5, 5.41) is 0.559. The molecule has 6 nitrogen and oxygen atoms in total. The molecule has 1 fully saturated rings. The van der Waals surface area contributed by atoms with Crippen LogP contribution in [0.5, 0.6) is 5.75 Å². The van der Waals surface area contributed by atoms with Crippen LogP contribution < -0.4 is 10.3 Å². The molecule has 0 saturated heterocycles. The van der Waals surface area contributed by atoms with Crippen molar-refractivity contribution < 1.29 is 9.53 Å². The molecule has 1 aromatic heterocycles.